The summed E-state index contributed by atoms with van der Waals surface area (Å²) in [5.74, 6) is 0.973. The summed E-state index contributed by atoms with van der Waals surface area (Å²) in [7, 11) is 0. The third-order valence-corrected chi connectivity index (χ3v) is 3.63. The molecule has 0 aliphatic heterocycles. The second kappa shape index (κ2) is 5.61. The van der Waals surface area contributed by atoms with E-state index in [1.165, 1.54) is 12.1 Å². The van der Waals surface area contributed by atoms with Crippen LogP contribution in [0.2, 0.25) is 0 Å². The van der Waals surface area contributed by atoms with E-state index in [0.29, 0.717) is 18.0 Å². The van der Waals surface area contributed by atoms with Crippen molar-refractivity contribution in [2.75, 3.05) is 0 Å². The van der Waals surface area contributed by atoms with Crippen LogP contribution in [0.4, 0.5) is 4.39 Å². The molecule has 0 amide bonds. The highest BCUT2D eigenvalue weighted by atomic mass is 19.1. The Hall–Kier alpha value is -3.08. The molecule has 0 aliphatic rings. The highest BCUT2D eigenvalue weighted by Crippen LogP contribution is 2.19. The Bertz CT molecular complexity index is 946. The third-order valence-electron chi connectivity index (χ3n) is 3.63. The number of nitrogens with zero attached hydrogens (tertiary/aromatic N) is 4. The SMILES string of the molecule is Fc1ccc(Cc2nc3nccc(-c4ccccc4)n3n2)cc1. The van der Waals surface area contributed by atoms with Crippen LogP contribution in [-0.4, -0.2) is 19.6 Å². The normalized spacial score (nSPS) is 11.0. The van der Waals surface area contributed by atoms with Crippen molar-refractivity contribution in [1.29, 1.82) is 0 Å². The van der Waals surface area contributed by atoms with E-state index < -0.39 is 0 Å². The lowest BCUT2D eigenvalue weighted by molar-refractivity contribution is 0.627. The van der Waals surface area contributed by atoms with Crippen molar-refractivity contribution in [2.45, 2.75) is 6.42 Å². The first-order valence-corrected chi connectivity index (χ1v) is 7.30. The minimum Gasteiger partial charge on any atom is -0.220 e. The summed E-state index contributed by atoms with van der Waals surface area (Å²) in [5, 5.41) is 4.56. The first kappa shape index (κ1) is 13.6. The van der Waals surface area contributed by atoms with E-state index in [4.69, 9.17) is 0 Å². The van der Waals surface area contributed by atoms with Gasteiger partial charge in [-0.1, -0.05) is 42.5 Å². The highest BCUT2D eigenvalue weighted by molar-refractivity contribution is 5.61. The molecule has 4 nitrogen and oxygen atoms in total. The Morgan fingerprint density at radius 2 is 1.70 bits per heavy atom. The monoisotopic (exact) mass is 304 g/mol. The molecule has 5 heteroatoms. The molecular formula is C18H13FN4. The van der Waals surface area contributed by atoms with Gasteiger partial charge < -0.3 is 0 Å². The van der Waals surface area contributed by atoms with Crippen LogP contribution in [0.25, 0.3) is 17.0 Å². The van der Waals surface area contributed by atoms with Crippen molar-refractivity contribution >= 4 is 5.78 Å². The maximum atomic E-state index is 13.0. The lowest BCUT2D eigenvalue weighted by Gasteiger charge is -2.02. The first-order valence-electron chi connectivity index (χ1n) is 7.30. The van der Waals surface area contributed by atoms with Crippen molar-refractivity contribution in [2.24, 2.45) is 0 Å². The van der Waals surface area contributed by atoms with Gasteiger partial charge in [0, 0.05) is 18.2 Å². The van der Waals surface area contributed by atoms with Crippen LogP contribution < -0.4 is 0 Å². The largest absolute Gasteiger partial charge is 0.252 e. The third kappa shape index (κ3) is 2.68. The molecule has 0 aliphatic carbocycles. The van der Waals surface area contributed by atoms with E-state index in [0.717, 1.165) is 16.8 Å². The Labute approximate surface area is 132 Å². The standard InChI is InChI=1S/C18H13FN4/c19-15-8-6-13(7-9-15)12-17-21-18-20-11-10-16(23(18)22-17)14-4-2-1-3-5-14/h1-11H,12H2. The molecule has 0 N–H and O–H groups in total. The summed E-state index contributed by atoms with van der Waals surface area (Å²) < 4.78 is 14.7. The van der Waals surface area contributed by atoms with Crippen LogP contribution in [0.5, 0.6) is 0 Å². The maximum absolute atomic E-state index is 13.0. The zero-order valence-electron chi connectivity index (χ0n) is 12.2. The summed E-state index contributed by atoms with van der Waals surface area (Å²) >= 11 is 0. The van der Waals surface area contributed by atoms with Crippen molar-refractivity contribution in [3.05, 3.63) is 84.1 Å². The molecule has 0 bridgehead atoms. The van der Waals surface area contributed by atoms with Crippen molar-refractivity contribution in [3.63, 3.8) is 0 Å². The molecule has 23 heavy (non-hydrogen) atoms. The van der Waals surface area contributed by atoms with Crippen molar-refractivity contribution in [3.8, 4) is 11.3 Å². The number of benzene rings is 2. The molecule has 0 unspecified atom stereocenters. The average molecular weight is 304 g/mol. The van der Waals surface area contributed by atoms with Gasteiger partial charge in [-0.3, -0.25) is 0 Å². The molecular weight excluding hydrogens is 291 g/mol. The van der Waals surface area contributed by atoms with Crippen LogP contribution in [0, 0.1) is 5.82 Å². The first-order chi connectivity index (χ1) is 11.3. The predicted molar refractivity (Wildman–Crippen MR) is 85.4 cm³/mol. The maximum Gasteiger partial charge on any atom is 0.252 e. The van der Waals surface area contributed by atoms with Gasteiger partial charge in [0.25, 0.3) is 5.78 Å². The quantitative estimate of drug-likeness (QED) is 0.581. The summed E-state index contributed by atoms with van der Waals surface area (Å²) in [6.45, 7) is 0. The van der Waals surface area contributed by atoms with E-state index in [-0.39, 0.29) is 5.82 Å². The van der Waals surface area contributed by atoms with Crippen molar-refractivity contribution < 1.29 is 4.39 Å². The molecule has 2 heterocycles. The number of halogens is 1. The number of hydrogen-bond acceptors (Lipinski definition) is 3. The summed E-state index contributed by atoms with van der Waals surface area (Å²) in [5.41, 5.74) is 2.95. The van der Waals surface area contributed by atoms with Gasteiger partial charge >= 0.3 is 0 Å². The lowest BCUT2D eigenvalue weighted by atomic mass is 10.1. The average Bonchev–Trinajstić information content (AvgIpc) is 3.00. The van der Waals surface area contributed by atoms with Gasteiger partial charge in [0.15, 0.2) is 5.82 Å². The Morgan fingerprint density at radius 1 is 0.913 bits per heavy atom. The zero-order chi connectivity index (χ0) is 15.6. The minimum absolute atomic E-state index is 0.246. The van der Waals surface area contributed by atoms with Crippen LogP contribution in [0.3, 0.4) is 0 Å². The molecule has 0 radical (unpaired) electrons. The molecule has 0 saturated heterocycles. The number of hydrogen-bond donors (Lipinski definition) is 0. The zero-order valence-corrected chi connectivity index (χ0v) is 12.2. The van der Waals surface area contributed by atoms with Crippen LogP contribution in [-0.2, 0) is 6.42 Å². The summed E-state index contributed by atoms with van der Waals surface area (Å²) in [6, 6.07) is 18.3. The molecule has 2 aromatic heterocycles. The van der Waals surface area contributed by atoms with Gasteiger partial charge in [0.05, 0.1) is 5.69 Å². The lowest BCUT2D eigenvalue weighted by Crippen LogP contribution is -1.96. The fraction of sp³-hybridized carbons (Fsp3) is 0.0556. The fourth-order valence-electron chi connectivity index (χ4n) is 2.52. The molecule has 0 atom stereocenters. The van der Waals surface area contributed by atoms with E-state index in [2.05, 4.69) is 15.1 Å². The molecule has 0 fully saturated rings. The molecule has 4 aromatic rings. The number of fused-ring (bicyclic) bond motifs is 1. The Kier molecular flexibility index (Phi) is 3.31. The summed E-state index contributed by atoms with van der Waals surface area (Å²) in [6.07, 6.45) is 2.27. The van der Waals surface area contributed by atoms with Gasteiger partial charge in [-0.15, -0.1) is 5.10 Å². The van der Waals surface area contributed by atoms with E-state index >= 15 is 0 Å². The predicted octanol–water partition coefficient (Wildman–Crippen LogP) is 3.52. The number of aromatic nitrogens is 4. The molecule has 4 rings (SSSR count). The van der Waals surface area contributed by atoms with Gasteiger partial charge in [-0.25, -0.2) is 9.37 Å². The molecule has 112 valence electrons. The highest BCUT2D eigenvalue weighted by Gasteiger charge is 2.10. The second-order valence-corrected chi connectivity index (χ2v) is 5.24. The Balaban J connectivity index is 1.75. The molecule has 0 spiro atoms. The van der Waals surface area contributed by atoms with E-state index in [1.54, 1.807) is 22.8 Å². The van der Waals surface area contributed by atoms with Gasteiger partial charge in [-0.05, 0) is 23.8 Å². The van der Waals surface area contributed by atoms with Crippen LogP contribution in [0.15, 0.2) is 66.9 Å². The van der Waals surface area contributed by atoms with E-state index in [1.807, 2.05) is 36.4 Å². The number of rotatable bonds is 3. The van der Waals surface area contributed by atoms with Gasteiger partial charge in [-0.2, -0.15) is 9.50 Å². The topological polar surface area (TPSA) is 43.1 Å². The van der Waals surface area contributed by atoms with Gasteiger partial charge in [0.2, 0.25) is 0 Å². The van der Waals surface area contributed by atoms with E-state index in [9.17, 15) is 4.39 Å². The molecule has 2 aromatic carbocycles. The van der Waals surface area contributed by atoms with Crippen molar-refractivity contribution in [1.82, 2.24) is 19.6 Å². The fourth-order valence-corrected chi connectivity index (χ4v) is 2.52. The van der Waals surface area contributed by atoms with Crippen LogP contribution >= 0.6 is 0 Å². The molecule has 0 saturated carbocycles. The van der Waals surface area contributed by atoms with Gasteiger partial charge in [0.1, 0.15) is 5.82 Å². The minimum atomic E-state index is -0.246. The van der Waals surface area contributed by atoms with Crippen LogP contribution in [0.1, 0.15) is 11.4 Å². The smallest absolute Gasteiger partial charge is 0.220 e. The second-order valence-electron chi connectivity index (χ2n) is 5.24. The Morgan fingerprint density at radius 3 is 2.48 bits per heavy atom. The summed E-state index contributed by atoms with van der Waals surface area (Å²) in [4.78, 5) is 8.74.